The summed E-state index contributed by atoms with van der Waals surface area (Å²) in [5.74, 6) is 0.754. The standard InChI is InChI=1S/C13H17ClN2O.ClH/c1-3-10-7-12(8-15-13(10)14)17-9-11-5-4-6-16(11)2;/h3,7-8,11H,1,4-6,9H2,2H3;1H/t11-;/m1./s1. The average molecular weight is 289 g/mol. The van der Waals surface area contributed by atoms with Crippen molar-refractivity contribution in [2.45, 2.75) is 18.9 Å². The molecule has 18 heavy (non-hydrogen) atoms. The lowest BCUT2D eigenvalue weighted by atomic mass is 10.2. The van der Waals surface area contributed by atoms with Gasteiger partial charge in [-0.15, -0.1) is 12.4 Å². The maximum absolute atomic E-state index is 5.90. The van der Waals surface area contributed by atoms with Gasteiger partial charge in [-0.1, -0.05) is 24.3 Å². The van der Waals surface area contributed by atoms with Gasteiger partial charge in [0, 0.05) is 11.6 Å². The Morgan fingerprint density at radius 3 is 3.06 bits per heavy atom. The lowest BCUT2D eigenvalue weighted by Gasteiger charge is -2.19. The SMILES string of the molecule is C=Cc1cc(OC[C@H]2CCCN2C)cnc1Cl.Cl. The highest BCUT2D eigenvalue weighted by Crippen LogP contribution is 2.21. The zero-order valence-corrected chi connectivity index (χ0v) is 12.0. The molecular weight excluding hydrogens is 271 g/mol. The van der Waals surface area contributed by atoms with Crippen LogP contribution in [0.1, 0.15) is 18.4 Å². The molecule has 1 atom stereocenters. The van der Waals surface area contributed by atoms with Gasteiger partial charge in [-0.3, -0.25) is 0 Å². The van der Waals surface area contributed by atoms with Gasteiger partial charge < -0.3 is 9.64 Å². The third-order valence-corrected chi connectivity index (χ3v) is 3.49. The van der Waals surface area contributed by atoms with E-state index in [1.807, 2.05) is 6.07 Å². The van der Waals surface area contributed by atoms with Gasteiger partial charge in [-0.25, -0.2) is 4.98 Å². The number of aromatic nitrogens is 1. The Kier molecular flexibility index (Phi) is 5.93. The van der Waals surface area contributed by atoms with Crippen molar-refractivity contribution >= 4 is 30.1 Å². The van der Waals surface area contributed by atoms with Gasteiger partial charge in [0.05, 0.1) is 6.20 Å². The first-order valence-corrected chi connectivity index (χ1v) is 6.19. The summed E-state index contributed by atoms with van der Waals surface area (Å²) in [5.41, 5.74) is 0.809. The molecule has 1 aliphatic heterocycles. The van der Waals surface area contributed by atoms with Crippen LogP contribution in [0.2, 0.25) is 5.15 Å². The van der Waals surface area contributed by atoms with Crippen molar-refractivity contribution in [3.63, 3.8) is 0 Å². The fourth-order valence-electron chi connectivity index (χ4n) is 2.05. The molecule has 0 spiro atoms. The summed E-state index contributed by atoms with van der Waals surface area (Å²) < 4.78 is 5.75. The third-order valence-electron chi connectivity index (χ3n) is 3.17. The maximum Gasteiger partial charge on any atom is 0.138 e. The van der Waals surface area contributed by atoms with E-state index in [4.69, 9.17) is 16.3 Å². The molecule has 0 N–H and O–H groups in total. The van der Waals surface area contributed by atoms with Crippen LogP contribution in [0.3, 0.4) is 0 Å². The zero-order valence-electron chi connectivity index (χ0n) is 10.4. The van der Waals surface area contributed by atoms with E-state index < -0.39 is 0 Å². The third kappa shape index (κ3) is 3.61. The molecule has 1 saturated heterocycles. The van der Waals surface area contributed by atoms with Crippen LogP contribution < -0.4 is 4.74 Å². The van der Waals surface area contributed by atoms with Crippen molar-refractivity contribution in [1.82, 2.24) is 9.88 Å². The first kappa shape index (κ1) is 15.3. The number of likely N-dealkylation sites (N-methyl/N-ethyl adjacent to an activating group) is 1. The topological polar surface area (TPSA) is 25.4 Å². The van der Waals surface area contributed by atoms with Gasteiger partial charge >= 0.3 is 0 Å². The number of pyridine rings is 1. The lowest BCUT2D eigenvalue weighted by Crippen LogP contribution is -2.30. The molecule has 2 rings (SSSR count). The van der Waals surface area contributed by atoms with Crippen LogP contribution in [0.5, 0.6) is 5.75 Å². The highest BCUT2D eigenvalue weighted by atomic mass is 35.5. The zero-order chi connectivity index (χ0) is 12.3. The monoisotopic (exact) mass is 288 g/mol. The minimum atomic E-state index is 0. The first-order valence-electron chi connectivity index (χ1n) is 5.81. The van der Waals surface area contributed by atoms with E-state index in [1.165, 1.54) is 12.8 Å². The van der Waals surface area contributed by atoms with E-state index in [-0.39, 0.29) is 12.4 Å². The molecule has 0 unspecified atom stereocenters. The number of hydrogen-bond donors (Lipinski definition) is 0. The van der Waals surface area contributed by atoms with Crippen LogP contribution >= 0.6 is 24.0 Å². The quantitative estimate of drug-likeness (QED) is 0.795. The number of nitrogens with zero attached hydrogens (tertiary/aromatic N) is 2. The van der Waals surface area contributed by atoms with Crippen LogP contribution in [0.25, 0.3) is 6.08 Å². The van der Waals surface area contributed by atoms with Crippen molar-refractivity contribution in [3.05, 3.63) is 29.6 Å². The number of rotatable bonds is 4. The van der Waals surface area contributed by atoms with Gasteiger partial charge in [-0.05, 0) is 32.5 Å². The summed E-state index contributed by atoms with van der Waals surface area (Å²) in [7, 11) is 2.14. The molecule has 1 fully saturated rings. The predicted molar refractivity (Wildman–Crippen MR) is 77.7 cm³/mol. The van der Waals surface area contributed by atoms with E-state index in [2.05, 4.69) is 23.5 Å². The van der Waals surface area contributed by atoms with Gasteiger partial charge in [0.15, 0.2) is 0 Å². The molecular formula is C13H18Cl2N2O. The Balaban J connectivity index is 0.00000162. The highest BCUT2D eigenvalue weighted by molar-refractivity contribution is 6.30. The molecule has 1 aliphatic rings. The number of hydrogen-bond acceptors (Lipinski definition) is 3. The summed E-state index contributed by atoms with van der Waals surface area (Å²) in [6.07, 6.45) is 5.79. The van der Waals surface area contributed by atoms with E-state index in [1.54, 1.807) is 12.3 Å². The molecule has 0 radical (unpaired) electrons. The van der Waals surface area contributed by atoms with Crippen LogP contribution in [0, 0.1) is 0 Å². The molecule has 1 aromatic rings. The summed E-state index contributed by atoms with van der Waals surface area (Å²) in [6.45, 7) is 5.56. The molecule has 0 bridgehead atoms. The fraction of sp³-hybridized carbons (Fsp3) is 0.462. The lowest BCUT2D eigenvalue weighted by molar-refractivity contribution is 0.198. The van der Waals surface area contributed by atoms with Gasteiger partial charge in [-0.2, -0.15) is 0 Å². The summed E-state index contributed by atoms with van der Waals surface area (Å²) >= 11 is 5.90. The molecule has 5 heteroatoms. The Morgan fingerprint density at radius 1 is 1.67 bits per heavy atom. The molecule has 3 nitrogen and oxygen atoms in total. The molecule has 0 amide bonds. The van der Waals surface area contributed by atoms with Crippen LogP contribution in [-0.4, -0.2) is 36.1 Å². The van der Waals surface area contributed by atoms with Crippen molar-refractivity contribution in [2.75, 3.05) is 20.2 Å². The predicted octanol–water partition coefficient (Wildman–Crippen LogP) is 3.27. The second kappa shape index (κ2) is 6.98. The fourth-order valence-corrected chi connectivity index (χ4v) is 2.23. The Morgan fingerprint density at radius 2 is 2.44 bits per heavy atom. The minimum absolute atomic E-state index is 0. The molecule has 0 saturated carbocycles. The van der Waals surface area contributed by atoms with Crippen LogP contribution in [0.15, 0.2) is 18.8 Å². The highest BCUT2D eigenvalue weighted by Gasteiger charge is 2.21. The van der Waals surface area contributed by atoms with Crippen molar-refractivity contribution in [2.24, 2.45) is 0 Å². The van der Waals surface area contributed by atoms with Crippen LogP contribution in [-0.2, 0) is 0 Å². The second-order valence-corrected chi connectivity index (χ2v) is 4.70. The molecule has 2 heterocycles. The smallest absolute Gasteiger partial charge is 0.138 e. The van der Waals surface area contributed by atoms with Gasteiger partial charge in [0.2, 0.25) is 0 Å². The summed E-state index contributed by atoms with van der Waals surface area (Å²) in [6, 6.07) is 2.38. The normalized spacial score (nSPS) is 19.3. The van der Waals surface area contributed by atoms with E-state index in [0.29, 0.717) is 17.8 Å². The molecule has 0 aliphatic carbocycles. The largest absolute Gasteiger partial charge is 0.490 e. The Bertz CT molecular complexity index is 412. The Labute approximate surface area is 119 Å². The van der Waals surface area contributed by atoms with Gasteiger partial charge in [0.25, 0.3) is 0 Å². The minimum Gasteiger partial charge on any atom is -0.490 e. The summed E-state index contributed by atoms with van der Waals surface area (Å²) in [5, 5.41) is 0.463. The number of halogens is 2. The average Bonchev–Trinajstić information content (AvgIpc) is 2.74. The van der Waals surface area contributed by atoms with Crippen molar-refractivity contribution < 1.29 is 4.74 Å². The second-order valence-electron chi connectivity index (χ2n) is 4.34. The summed E-state index contributed by atoms with van der Waals surface area (Å²) in [4.78, 5) is 6.40. The Hall–Kier alpha value is -0.770. The van der Waals surface area contributed by atoms with Crippen molar-refractivity contribution in [3.8, 4) is 5.75 Å². The maximum atomic E-state index is 5.90. The van der Waals surface area contributed by atoms with Crippen LogP contribution in [0.4, 0.5) is 0 Å². The molecule has 1 aromatic heterocycles. The van der Waals surface area contributed by atoms with Crippen molar-refractivity contribution in [1.29, 1.82) is 0 Å². The number of likely N-dealkylation sites (tertiary alicyclic amines) is 1. The number of ether oxygens (including phenoxy) is 1. The van der Waals surface area contributed by atoms with E-state index in [9.17, 15) is 0 Å². The van der Waals surface area contributed by atoms with E-state index in [0.717, 1.165) is 17.9 Å². The van der Waals surface area contributed by atoms with E-state index >= 15 is 0 Å². The van der Waals surface area contributed by atoms with Gasteiger partial charge in [0.1, 0.15) is 17.5 Å². The first-order chi connectivity index (χ1) is 8.20. The molecule has 100 valence electrons. The molecule has 0 aromatic carbocycles.